The third-order valence-corrected chi connectivity index (χ3v) is 2.95. The number of carbonyl (C=O) groups is 1. The topological polar surface area (TPSA) is 86.7 Å². The molecule has 0 aliphatic rings. The van der Waals surface area contributed by atoms with Gasteiger partial charge < -0.3 is 5.73 Å². The zero-order valence-corrected chi connectivity index (χ0v) is 10.2. The molecule has 0 saturated heterocycles. The van der Waals surface area contributed by atoms with Crippen molar-refractivity contribution < 1.29 is 4.79 Å². The Labute approximate surface area is 108 Å². The fraction of sp³-hybridized carbons (Fsp3) is 0.0769. The number of fused-ring (bicyclic) bond motifs is 1. The molecule has 0 aliphatic heterocycles. The molecule has 1 amide bonds. The lowest BCUT2D eigenvalue weighted by atomic mass is 10.1. The Morgan fingerprint density at radius 2 is 2.11 bits per heavy atom. The van der Waals surface area contributed by atoms with Crippen LogP contribution in [0, 0.1) is 0 Å². The van der Waals surface area contributed by atoms with Gasteiger partial charge in [-0.15, -0.1) is 0 Å². The fourth-order valence-corrected chi connectivity index (χ4v) is 2.01. The van der Waals surface area contributed by atoms with Crippen LogP contribution in [-0.2, 0) is 7.05 Å². The first kappa shape index (κ1) is 11.3. The normalized spacial score (nSPS) is 10.8. The van der Waals surface area contributed by atoms with Crippen LogP contribution in [0.15, 0.2) is 36.8 Å². The van der Waals surface area contributed by atoms with Crippen molar-refractivity contribution in [2.24, 2.45) is 12.8 Å². The molecule has 19 heavy (non-hydrogen) atoms. The number of rotatable bonds is 2. The second kappa shape index (κ2) is 4.16. The van der Waals surface area contributed by atoms with Gasteiger partial charge in [0.25, 0.3) is 5.91 Å². The van der Waals surface area contributed by atoms with E-state index in [1.807, 2.05) is 13.1 Å². The zero-order valence-electron chi connectivity index (χ0n) is 10.2. The molecule has 0 saturated carbocycles. The van der Waals surface area contributed by atoms with E-state index in [4.69, 9.17) is 5.73 Å². The number of amides is 1. The molecule has 3 aromatic heterocycles. The Hall–Kier alpha value is -2.76. The molecule has 0 unspecified atom stereocenters. The van der Waals surface area contributed by atoms with Crippen LogP contribution in [0.3, 0.4) is 0 Å². The van der Waals surface area contributed by atoms with Gasteiger partial charge in [-0.2, -0.15) is 5.10 Å². The Bertz CT molecular complexity index is 778. The van der Waals surface area contributed by atoms with Gasteiger partial charge in [-0.25, -0.2) is 4.98 Å². The highest BCUT2D eigenvalue weighted by molar-refractivity contribution is 5.97. The summed E-state index contributed by atoms with van der Waals surface area (Å²) in [7, 11) is 1.84. The van der Waals surface area contributed by atoms with E-state index in [2.05, 4.69) is 15.1 Å². The van der Waals surface area contributed by atoms with E-state index in [0.717, 1.165) is 16.6 Å². The van der Waals surface area contributed by atoms with Gasteiger partial charge >= 0.3 is 0 Å². The van der Waals surface area contributed by atoms with Gasteiger partial charge in [0.2, 0.25) is 0 Å². The van der Waals surface area contributed by atoms with E-state index in [0.29, 0.717) is 5.52 Å². The van der Waals surface area contributed by atoms with E-state index in [1.54, 1.807) is 35.4 Å². The number of nitrogens with zero attached hydrogens (tertiary/aromatic N) is 4. The van der Waals surface area contributed by atoms with Gasteiger partial charge in [0, 0.05) is 36.6 Å². The molecule has 3 aromatic rings. The van der Waals surface area contributed by atoms with Crippen molar-refractivity contribution in [3.8, 4) is 11.3 Å². The summed E-state index contributed by atoms with van der Waals surface area (Å²) in [5, 5.41) is 4.98. The summed E-state index contributed by atoms with van der Waals surface area (Å²) in [5.41, 5.74) is 7.90. The first-order chi connectivity index (χ1) is 9.16. The SMILES string of the molecule is Cn1nccc1-c1cncc2ccc(C(N)=O)nc12. The molecule has 6 nitrogen and oxygen atoms in total. The van der Waals surface area contributed by atoms with E-state index >= 15 is 0 Å². The number of hydrogen-bond acceptors (Lipinski definition) is 4. The maximum absolute atomic E-state index is 11.2. The van der Waals surface area contributed by atoms with Crippen molar-refractivity contribution in [3.63, 3.8) is 0 Å². The lowest BCUT2D eigenvalue weighted by Gasteiger charge is -2.06. The molecule has 6 heteroatoms. The molecular formula is C13H11N5O. The molecule has 3 heterocycles. The minimum absolute atomic E-state index is 0.238. The van der Waals surface area contributed by atoms with Crippen LogP contribution < -0.4 is 5.73 Å². The molecule has 0 spiro atoms. The molecule has 0 aliphatic carbocycles. The third-order valence-electron chi connectivity index (χ3n) is 2.95. The second-order valence-electron chi connectivity index (χ2n) is 4.16. The Morgan fingerprint density at radius 1 is 1.26 bits per heavy atom. The lowest BCUT2D eigenvalue weighted by Crippen LogP contribution is -2.13. The summed E-state index contributed by atoms with van der Waals surface area (Å²) >= 11 is 0. The molecule has 94 valence electrons. The van der Waals surface area contributed by atoms with Crippen LogP contribution >= 0.6 is 0 Å². The van der Waals surface area contributed by atoms with E-state index in [-0.39, 0.29) is 5.69 Å². The molecule has 0 radical (unpaired) electrons. The summed E-state index contributed by atoms with van der Waals surface area (Å²) < 4.78 is 1.73. The second-order valence-corrected chi connectivity index (χ2v) is 4.16. The zero-order chi connectivity index (χ0) is 13.4. The lowest BCUT2D eigenvalue weighted by molar-refractivity contribution is 0.0996. The highest BCUT2D eigenvalue weighted by atomic mass is 16.1. The molecule has 2 N–H and O–H groups in total. The fourth-order valence-electron chi connectivity index (χ4n) is 2.01. The van der Waals surface area contributed by atoms with Gasteiger partial charge in [-0.1, -0.05) is 0 Å². The molecule has 0 atom stereocenters. The highest BCUT2D eigenvalue weighted by Gasteiger charge is 2.11. The molecule has 0 aromatic carbocycles. The number of carbonyl (C=O) groups excluding carboxylic acids is 1. The van der Waals surface area contributed by atoms with Gasteiger partial charge in [-0.05, 0) is 18.2 Å². The van der Waals surface area contributed by atoms with Crippen molar-refractivity contribution >= 4 is 16.8 Å². The Morgan fingerprint density at radius 3 is 2.79 bits per heavy atom. The van der Waals surface area contributed by atoms with E-state index < -0.39 is 5.91 Å². The summed E-state index contributed by atoms with van der Waals surface area (Å²) in [6.07, 6.45) is 5.11. The maximum atomic E-state index is 11.2. The van der Waals surface area contributed by atoms with Gasteiger partial charge in [0.1, 0.15) is 5.69 Å². The van der Waals surface area contributed by atoms with Crippen molar-refractivity contribution in [2.75, 3.05) is 0 Å². The summed E-state index contributed by atoms with van der Waals surface area (Å²) in [6, 6.07) is 5.25. The number of nitrogens with two attached hydrogens (primary N) is 1. The average molecular weight is 253 g/mol. The number of aryl methyl sites for hydroxylation is 1. The van der Waals surface area contributed by atoms with Crippen LogP contribution in [0.25, 0.3) is 22.2 Å². The molecule has 0 bridgehead atoms. The maximum Gasteiger partial charge on any atom is 0.267 e. The largest absolute Gasteiger partial charge is 0.364 e. The number of aromatic nitrogens is 4. The molecule has 0 fully saturated rings. The van der Waals surface area contributed by atoms with Crippen LogP contribution in [0.1, 0.15) is 10.5 Å². The number of primary amides is 1. The quantitative estimate of drug-likeness (QED) is 0.741. The highest BCUT2D eigenvalue weighted by Crippen LogP contribution is 2.25. The standard InChI is InChI=1S/C13H11N5O/c1-18-11(4-5-16-18)9-7-15-6-8-2-3-10(13(14)19)17-12(8)9/h2-7H,1H3,(H2,14,19). The van der Waals surface area contributed by atoms with Crippen LogP contribution in [0.4, 0.5) is 0 Å². The molecule has 3 rings (SSSR count). The van der Waals surface area contributed by atoms with Crippen LogP contribution in [0.2, 0.25) is 0 Å². The minimum Gasteiger partial charge on any atom is -0.364 e. The van der Waals surface area contributed by atoms with Crippen LogP contribution in [0.5, 0.6) is 0 Å². The number of pyridine rings is 2. The summed E-state index contributed by atoms with van der Waals surface area (Å²) in [5.74, 6) is -0.547. The molecular weight excluding hydrogens is 242 g/mol. The average Bonchev–Trinajstić information content (AvgIpc) is 2.83. The Balaban J connectivity index is 2.33. The third kappa shape index (κ3) is 1.83. The van der Waals surface area contributed by atoms with Gasteiger partial charge in [0.15, 0.2) is 0 Å². The predicted octanol–water partition coefficient (Wildman–Crippen LogP) is 1.13. The van der Waals surface area contributed by atoms with Crippen molar-refractivity contribution in [1.29, 1.82) is 0 Å². The predicted molar refractivity (Wildman–Crippen MR) is 70.3 cm³/mol. The number of hydrogen-bond donors (Lipinski definition) is 1. The first-order valence-electron chi connectivity index (χ1n) is 5.70. The van der Waals surface area contributed by atoms with Gasteiger partial charge in [0.05, 0.1) is 11.2 Å². The van der Waals surface area contributed by atoms with E-state index in [1.165, 1.54) is 0 Å². The van der Waals surface area contributed by atoms with Crippen molar-refractivity contribution in [1.82, 2.24) is 19.7 Å². The van der Waals surface area contributed by atoms with Crippen molar-refractivity contribution in [3.05, 3.63) is 42.5 Å². The van der Waals surface area contributed by atoms with Crippen molar-refractivity contribution in [2.45, 2.75) is 0 Å². The summed E-state index contributed by atoms with van der Waals surface area (Å²) in [6.45, 7) is 0. The Kier molecular flexibility index (Phi) is 2.49. The summed E-state index contributed by atoms with van der Waals surface area (Å²) in [4.78, 5) is 19.7. The first-order valence-corrected chi connectivity index (χ1v) is 5.70. The smallest absolute Gasteiger partial charge is 0.267 e. The monoisotopic (exact) mass is 253 g/mol. The van der Waals surface area contributed by atoms with Gasteiger partial charge in [-0.3, -0.25) is 14.5 Å². The van der Waals surface area contributed by atoms with Crippen LogP contribution in [-0.4, -0.2) is 25.7 Å². The minimum atomic E-state index is -0.547. The van der Waals surface area contributed by atoms with E-state index in [9.17, 15) is 4.79 Å².